The number of hydrogen-bond acceptors (Lipinski definition) is 4. The molecule has 0 N–H and O–H groups in total. The van der Waals surface area contributed by atoms with Crippen LogP contribution in [-0.2, 0) is 9.59 Å². The number of imide groups is 1. The summed E-state index contributed by atoms with van der Waals surface area (Å²) in [7, 11) is 0. The van der Waals surface area contributed by atoms with Crippen LogP contribution in [0.25, 0.3) is 0 Å². The van der Waals surface area contributed by atoms with Gasteiger partial charge in [-0.15, -0.1) is 0 Å². The number of urea groups is 1. The molecule has 0 spiro atoms. The molecule has 1 aromatic carbocycles. The van der Waals surface area contributed by atoms with E-state index >= 15 is 0 Å². The average molecular weight is 261 g/mol. The lowest BCUT2D eigenvalue weighted by Crippen LogP contribution is -2.42. The highest BCUT2D eigenvalue weighted by molar-refractivity contribution is 6.15. The van der Waals surface area contributed by atoms with Crippen molar-refractivity contribution >= 4 is 23.6 Å². The summed E-state index contributed by atoms with van der Waals surface area (Å²) < 4.78 is 0. The Labute approximate surface area is 110 Å². The molecule has 0 unspecified atom stereocenters. The highest BCUT2D eigenvalue weighted by atomic mass is 16.4. The fourth-order valence-corrected chi connectivity index (χ4v) is 2.04. The van der Waals surface area contributed by atoms with E-state index in [-0.39, 0.29) is 0 Å². The molecule has 0 radical (unpaired) electrons. The zero-order valence-electron chi connectivity index (χ0n) is 10.6. The van der Waals surface area contributed by atoms with Crippen LogP contribution in [0.2, 0.25) is 0 Å². The highest BCUT2D eigenvalue weighted by Crippen LogP contribution is 2.25. The first-order valence-corrected chi connectivity index (χ1v) is 5.83. The molecule has 1 fully saturated rings. The van der Waals surface area contributed by atoms with E-state index in [9.17, 15) is 19.5 Å². The van der Waals surface area contributed by atoms with E-state index in [1.165, 1.54) is 4.90 Å². The number of nitrogens with zero attached hydrogens (tertiary/aromatic N) is 2. The Morgan fingerprint density at radius 2 is 1.84 bits per heavy atom. The molecule has 1 atom stereocenters. The molecule has 6 nitrogen and oxygen atoms in total. The van der Waals surface area contributed by atoms with Gasteiger partial charge in [-0.1, -0.05) is 17.7 Å². The predicted molar refractivity (Wildman–Crippen MR) is 65.2 cm³/mol. The second-order valence-corrected chi connectivity index (χ2v) is 4.46. The minimum absolute atomic E-state index is 0.533. The first-order valence-electron chi connectivity index (χ1n) is 5.83. The van der Waals surface area contributed by atoms with Gasteiger partial charge in [0, 0.05) is 5.69 Å². The van der Waals surface area contributed by atoms with E-state index in [4.69, 9.17) is 0 Å². The Balaban J connectivity index is 2.32. The molecule has 1 aromatic rings. The van der Waals surface area contributed by atoms with Crippen molar-refractivity contribution in [1.29, 1.82) is 0 Å². The zero-order chi connectivity index (χ0) is 14.2. The number of carbonyl (C=O) groups excluding carboxylic acids is 3. The van der Waals surface area contributed by atoms with E-state index in [2.05, 4.69) is 0 Å². The van der Waals surface area contributed by atoms with Crippen LogP contribution in [0.3, 0.4) is 0 Å². The summed E-state index contributed by atoms with van der Waals surface area (Å²) in [6, 6.07) is 5.74. The molecule has 0 bridgehead atoms. The quantitative estimate of drug-likeness (QED) is 0.712. The third-order valence-corrected chi connectivity index (χ3v) is 3.05. The summed E-state index contributed by atoms with van der Waals surface area (Å²) in [6.07, 6.45) is 0. The predicted octanol–water partition coefficient (Wildman–Crippen LogP) is -0.0980. The Kier molecular flexibility index (Phi) is 3.25. The van der Waals surface area contributed by atoms with Gasteiger partial charge in [-0.2, -0.15) is 0 Å². The van der Waals surface area contributed by atoms with Crippen LogP contribution < -0.4 is 10.0 Å². The normalized spacial score (nSPS) is 19.2. The van der Waals surface area contributed by atoms with Gasteiger partial charge in [-0.3, -0.25) is 14.6 Å². The molecule has 19 heavy (non-hydrogen) atoms. The molecule has 0 aliphatic carbocycles. The Hall–Kier alpha value is -2.37. The number of rotatable bonds is 3. The highest BCUT2D eigenvalue weighted by Gasteiger charge is 2.43. The van der Waals surface area contributed by atoms with Crippen LogP contribution in [0.5, 0.6) is 0 Å². The van der Waals surface area contributed by atoms with Crippen LogP contribution in [0, 0.1) is 6.92 Å². The van der Waals surface area contributed by atoms with Gasteiger partial charge in [0.05, 0.1) is 12.5 Å². The number of benzene rings is 1. The third kappa shape index (κ3) is 2.29. The largest absolute Gasteiger partial charge is 0.548 e. The molecular weight excluding hydrogens is 248 g/mol. The number of anilines is 1. The molecule has 1 aliphatic heterocycles. The van der Waals surface area contributed by atoms with Gasteiger partial charge in [0.15, 0.2) is 0 Å². The maximum atomic E-state index is 12.1. The summed E-state index contributed by atoms with van der Waals surface area (Å²) in [5.41, 5.74) is 1.60. The Morgan fingerprint density at radius 3 is 2.37 bits per heavy atom. The molecule has 3 amide bonds. The van der Waals surface area contributed by atoms with Gasteiger partial charge in [-0.25, -0.2) is 4.79 Å². The molecule has 100 valence electrons. The molecule has 0 aromatic heterocycles. The SMILES string of the molecule is Cc1ccc(N2C(=O)N(CC(=O)[O-])C(=O)[C@@H]2C)cc1. The Morgan fingerprint density at radius 1 is 1.26 bits per heavy atom. The summed E-state index contributed by atoms with van der Waals surface area (Å²) in [6.45, 7) is 2.76. The lowest BCUT2D eigenvalue weighted by molar-refractivity contribution is -0.305. The number of aryl methyl sites for hydroxylation is 1. The number of carboxylic acids is 1. The molecule has 1 saturated heterocycles. The van der Waals surface area contributed by atoms with E-state index in [1.807, 2.05) is 19.1 Å². The van der Waals surface area contributed by atoms with Crippen LogP contribution in [-0.4, -0.2) is 35.4 Å². The van der Waals surface area contributed by atoms with Crippen molar-refractivity contribution in [2.24, 2.45) is 0 Å². The van der Waals surface area contributed by atoms with Crippen LogP contribution >= 0.6 is 0 Å². The minimum Gasteiger partial charge on any atom is -0.548 e. The summed E-state index contributed by atoms with van der Waals surface area (Å²) in [5, 5.41) is 10.6. The van der Waals surface area contributed by atoms with Gasteiger partial charge in [0.25, 0.3) is 5.91 Å². The summed E-state index contributed by atoms with van der Waals surface area (Å²) in [4.78, 5) is 36.5. The molecule has 0 saturated carbocycles. The fraction of sp³-hybridized carbons (Fsp3) is 0.308. The van der Waals surface area contributed by atoms with E-state index in [0.717, 1.165) is 5.56 Å². The van der Waals surface area contributed by atoms with Gasteiger partial charge >= 0.3 is 6.03 Å². The first-order chi connectivity index (χ1) is 8.91. The van der Waals surface area contributed by atoms with Gasteiger partial charge in [0.2, 0.25) is 0 Å². The standard InChI is InChI=1S/C13H14N2O4/c1-8-3-5-10(6-4-8)15-9(2)12(18)14(13(15)19)7-11(16)17/h3-6,9H,7H2,1-2H3,(H,16,17)/p-1/t9-/m0/s1. The minimum atomic E-state index is -1.46. The molecule has 6 heteroatoms. The average Bonchev–Trinajstić information content (AvgIpc) is 2.55. The molecular formula is C13H13N2O4-. The number of amides is 3. The molecule has 1 heterocycles. The first kappa shape index (κ1) is 13.1. The van der Waals surface area contributed by atoms with Crippen molar-refractivity contribution in [3.63, 3.8) is 0 Å². The second-order valence-electron chi connectivity index (χ2n) is 4.46. The van der Waals surface area contributed by atoms with Crippen molar-refractivity contribution in [2.75, 3.05) is 11.4 Å². The zero-order valence-corrected chi connectivity index (χ0v) is 10.6. The van der Waals surface area contributed by atoms with Crippen LogP contribution in [0.1, 0.15) is 12.5 Å². The van der Waals surface area contributed by atoms with Crippen molar-refractivity contribution < 1.29 is 19.5 Å². The second kappa shape index (κ2) is 4.72. The number of carboxylic acid groups (broad SMARTS) is 1. The molecule has 2 rings (SSSR count). The third-order valence-electron chi connectivity index (χ3n) is 3.05. The number of carbonyl (C=O) groups is 3. The van der Waals surface area contributed by atoms with E-state index < -0.39 is 30.5 Å². The van der Waals surface area contributed by atoms with Crippen molar-refractivity contribution in [3.05, 3.63) is 29.8 Å². The number of hydrogen-bond donors (Lipinski definition) is 0. The maximum absolute atomic E-state index is 12.1. The van der Waals surface area contributed by atoms with Crippen molar-refractivity contribution in [2.45, 2.75) is 19.9 Å². The van der Waals surface area contributed by atoms with Crippen molar-refractivity contribution in [1.82, 2.24) is 4.90 Å². The van der Waals surface area contributed by atoms with Crippen LogP contribution in [0.4, 0.5) is 10.5 Å². The fourth-order valence-electron chi connectivity index (χ4n) is 2.04. The van der Waals surface area contributed by atoms with Crippen LogP contribution in [0.15, 0.2) is 24.3 Å². The lowest BCUT2D eigenvalue weighted by Gasteiger charge is -2.19. The number of aliphatic carboxylic acids is 1. The maximum Gasteiger partial charge on any atom is 0.332 e. The van der Waals surface area contributed by atoms with E-state index in [0.29, 0.717) is 10.6 Å². The summed E-state index contributed by atoms with van der Waals surface area (Å²) >= 11 is 0. The monoisotopic (exact) mass is 261 g/mol. The molecule has 1 aliphatic rings. The van der Waals surface area contributed by atoms with Crippen molar-refractivity contribution in [3.8, 4) is 0 Å². The van der Waals surface area contributed by atoms with E-state index in [1.54, 1.807) is 19.1 Å². The van der Waals surface area contributed by atoms with Gasteiger partial charge in [-0.05, 0) is 26.0 Å². The van der Waals surface area contributed by atoms with Gasteiger partial charge < -0.3 is 9.90 Å². The van der Waals surface area contributed by atoms with Gasteiger partial charge in [0.1, 0.15) is 6.04 Å². The smallest absolute Gasteiger partial charge is 0.332 e. The lowest BCUT2D eigenvalue weighted by atomic mass is 10.2. The Bertz CT molecular complexity index is 538. The summed E-state index contributed by atoms with van der Waals surface area (Å²) in [5.74, 6) is -1.99. The topological polar surface area (TPSA) is 80.8 Å².